The van der Waals surface area contributed by atoms with E-state index in [2.05, 4.69) is 32.6 Å². The number of hydrogen-bond acceptors (Lipinski definition) is 9. The quantitative estimate of drug-likeness (QED) is 0.0631. The van der Waals surface area contributed by atoms with Crippen molar-refractivity contribution < 1.29 is 28.5 Å². The Morgan fingerprint density at radius 2 is 1.62 bits per heavy atom. The predicted octanol–water partition coefficient (Wildman–Crippen LogP) is 1.65. The third kappa shape index (κ3) is 10.5. The van der Waals surface area contributed by atoms with Gasteiger partial charge in [-0.05, 0) is 57.5 Å². The largest absolute Gasteiger partial charge is 0.504 e. The molecule has 0 spiro atoms. The van der Waals surface area contributed by atoms with Crippen LogP contribution in [0.4, 0.5) is 0 Å². The fourth-order valence-corrected chi connectivity index (χ4v) is 4.95. The Balaban J connectivity index is 2.04. The minimum atomic E-state index is -3.86. The highest BCUT2D eigenvalue weighted by atomic mass is 32.2. The van der Waals surface area contributed by atoms with Gasteiger partial charge in [0.2, 0.25) is 5.96 Å². The number of nitrogens with one attached hydrogen (secondary N) is 4. The number of amides is 1. The zero-order valence-electron chi connectivity index (χ0n) is 23.3. The first-order valence-corrected chi connectivity index (χ1v) is 14.8. The number of carbonyl (C=O) groups is 1. The first-order valence-electron chi connectivity index (χ1n) is 13.3. The molecule has 0 aromatic heterocycles. The summed E-state index contributed by atoms with van der Waals surface area (Å²) in [4.78, 5) is 17.1. The predicted molar refractivity (Wildman–Crippen MR) is 155 cm³/mol. The molecule has 9 N–H and O–H groups in total. The van der Waals surface area contributed by atoms with Crippen molar-refractivity contribution in [2.45, 2.75) is 62.9 Å². The number of hydrogen-bond donors (Lipinski definition) is 8. The molecule has 0 fully saturated rings. The van der Waals surface area contributed by atoms with E-state index < -0.39 is 33.2 Å². The van der Waals surface area contributed by atoms with Crippen LogP contribution in [0, 0.1) is 6.92 Å². The molecule has 0 radical (unpaired) electrons. The molecule has 0 saturated carbocycles. The number of aliphatic imine (C=N–C) groups is 1. The molecule has 0 aliphatic carbocycles. The highest BCUT2D eigenvalue weighted by Crippen LogP contribution is 2.35. The van der Waals surface area contributed by atoms with E-state index in [1.807, 2.05) is 14.0 Å². The van der Waals surface area contributed by atoms with Gasteiger partial charge in [0.1, 0.15) is 0 Å². The van der Waals surface area contributed by atoms with Gasteiger partial charge in [-0.15, -0.1) is 0 Å². The third-order valence-electron chi connectivity index (χ3n) is 6.24. The van der Waals surface area contributed by atoms with Gasteiger partial charge in [-0.1, -0.05) is 37.5 Å². The maximum absolute atomic E-state index is 12.9. The van der Waals surface area contributed by atoms with Crippen LogP contribution < -0.4 is 26.4 Å². The van der Waals surface area contributed by atoms with Gasteiger partial charge in [-0.2, -0.15) is 0 Å². The van der Waals surface area contributed by atoms with Crippen LogP contribution in [-0.2, 0) is 10.0 Å². The lowest BCUT2D eigenvalue weighted by Gasteiger charge is -2.24. The van der Waals surface area contributed by atoms with E-state index in [-0.39, 0.29) is 35.0 Å². The molecule has 2 rings (SSSR count). The maximum atomic E-state index is 12.9. The van der Waals surface area contributed by atoms with Crippen molar-refractivity contribution in [3.63, 3.8) is 0 Å². The Morgan fingerprint density at radius 1 is 1.00 bits per heavy atom. The van der Waals surface area contributed by atoms with E-state index in [4.69, 9.17) is 5.73 Å². The molecule has 2 atom stereocenters. The van der Waals surface area contributed by atoms with E-state index in [1.54, 1.807) is 12.1 Å². The Hall–Kier alpha value is -3.55. The SMILES string of the molecule is CCCC[C@@H](CNC)NC[C@@H](CCCN=C(N)NS(=O)(=O)c1ccc(C)cc1)NC(=O)c1cc(O)c(O)c(O)c1. The monoisotopic (exact) mass is 578 g/mol. The summed E-state index contributed by atoms with van der Waals surface area (Å²) in [5.74, 6) is -2.68. The fourth-order valence-electron chi connectivity index (χ4n) is 3.99. The molecule has 2 aromatic carbocycles. The molecule has 2 aromatic rings. The molecule has 1 amide bonds. The van der Waals surface area contributed by atoms with Crippen molar-refractivity contribution >= 4 is 21.9 Å². The molecule has 0 bridgehead atoms. The number of nitrogens with zero attached hydrogens (tertiary/aromatic N) is 1. The minimum Gasteiger partial charge on any atom is -0.504 e. The number of guanidine groups is 1. The first kappa shape index (κ1) is 32.7. The summed E-state index contributed by atoms with van der Waals surface area (Å²) < 4.78 is 27.3. The highest BCUT2D eigenvalue weighted by Gasteiger charge is 2.19. The van der Waals surface area contributed by atoms with Gasteiger partial charge in [-0.25, -0.2) is 13.1 Å². The van der Waals surface area contributed by atoms with E-state index in [0.717, 1.165) is 43.5 Å². The lowest BCUT2D eigenvalue weighted by Crippen LogP contribution is -2.47. The molecule has 40 heavy (non-hydrogen) atoms. The molecule has 12 nitrogen and oxygen atoms in total. The summed E-state index contributed by atoms with van der Waals surface area (Å²) in [5.41, 5.74) is 6.74. The fraction of sp³-hybridized carbons (Fsp3) is 0.481. The van der Waals surface area contributed by atoms with Crippen molar-refractivity contribution in [1.82, 2.24) is 20.7 Å². The van der Waals surface area contributed by atoms with Gasteiger partial charge in [0.05, 0.1) is 4.90 Å². The zero-order valence-corrected chi connectivity index (χ0v) is 24.1. The van der Waals surface area contributed by atoms with Crippen molar-refractivity contribution in [3.05, 3.63) is 47.5 Å². The lowest BCUT2D eigenvalue weighted by molar-refractivity contribution is 0.0932. The highest BCUT2D eigenvalue weighted by molar-refractivity contribution is 7.90. The number of nitrogens with two attached hydrogens (primary N) is 1. The Bertz CT molecular complexity index is 1210. The number of phenols is 3. The molecule has 0 aliphatic rings. The number of carbonyl (C=O) groups excluding carboxylic acids is 1. The number of sulfonamides is 1. The zero-order chi connectivity index (χ0) is 29.7. The number of rotatable bonds is 16. The molecule has 0 unspecified atom stereocenters. The number of aryl methyl sites for hydroxylation is 1. The standard InChI is InChI=1S/C27H42N6O6S/c1-4-5-7-20(16-29-3)31-17-21(32-26(37)19-14-23(34)25(36)24(35)15-19)8-6-13-30-27(28)33-40(38,39)22-11-9-18(2)10-12-22/h9-12,14-15,20-21,29,31,34-36H,4-8,13,16-17H2,1-3H3,(H,32,37)(H3,28,30,33)/t20-,21+/m0/s1. The third-order valence-corrected chi connectivity index (χ3v) is 7.61. The average molecular weight is 579 g/mol. The van der Waals surface area contributed by atoms with Crippen LogP contribution in [0.5, 0.6) is 17.2 Å². The van der Waals surface area contributed by atoms with Crippen LogP contribution >= 0.6 is 0 Å². The van der Waals surface area contributed by atoms with Gasteiger partial charge in [0, 0.05) is 37.3 Å². The second-order valence-electron chi connectivity index (χ2n) is 9.67. The molecular weight excluding hydrogens is 536 g/mol. The van der Waals surface area contributed by atoms with E-state index >= 15 is 0 Å². The van der Waals surface area contributed by atoms with E-state index in [1.165, 1.54) is 12.1 Å². The Labute approximate surface area is 236 Å². The van der Waals surface area contributed by atoms with Gasteiger partial charge in [-0.3, -0.25) is 9.79 Å². The van der Waals surface area contributed by atoms with E-state index in [9.17, 15) is 28.5 Å². The summed E-state index contributed by atoms with van der Waals surface area (Å²) in [7, 11) is -1.98. The molecule has 0 saturated heterocycles. The summed E-state index contributed by atoms with van der Waals surface area (Å²) in [6, 6.07) is 8.34. The van der Waals surface area contributed by atoms with Gasteiger partial charge >= 0.3 is 0 Å². The van der Waals surface area contributed by atoms with E-state index in [0.29, 0.717) is 19.4 Å². The number of likely N-dealkylation sites (N-methyl/N-ethyl adjacent to an activating group) is 1. The molecular formula is C27H42N6O6S. The number of benzene rings is 2. The summed E-state index contributed by atoms with van der Waals surface area (Å²) in [6.07, 6.45) is 4.03. The second-order valence-corrected chi connectivity index (χ2v) is 11.3. The normalized spacial score (nSPS) is 13.5. The summed E-state index contributed by atoms with van der Waals surface area (Å²) >= 11 is 0. The van der Waals surface area contributed by atoms with Gasteiger partial charge < -0.3 is 37.0 Å². The maximum Gasteiger partial charge on any atom is 0.264 e. The summed E-state index contributed by atoms with van der Waals surface area (Å²) in [5, 5.41) is 38.7. The van der Waals surface area contributed by atoms with Gasteiger partial charge in [0.25, 0.3) is 15.9 Å². The van der Waals surface area contributed by atoms with Gasteiger partial charge in [0.15, 0.2) is 17.2 Å². The average Bonchev–Trinajstić information content (AvgIpc) is 2.90. The van der Waals surface area contributed by atoms with Crippen LogP contribution in [0.15, 0.2) is 46.3 Å². The first-order chi connectivity index (χ1) is 19.0. The topological polar surface area (TPSA) is 198 Å². The Morgan fingerprint density at radius 3 is 2.23 bits per heavy atom. The summed E-state index contributed by atoms with van der Waals surface area (Å²) in [6.45, 7) is 5.38. The smallest absolute Gasteiger partial charge is 0.264 e. The van der Waals surface area contributed by atoms with Crippen molar-refractivity contribution in [2.75, 3.05) is 26.7 Å². The molecule has 0 aliphatic heterocycles. The number of unbranched alkanes of at least 4 members (excludes halogenated alkanes) is 1. The number of phenolic OH excluding ortho intramolecular Hbond substituents is 3. The second kappa shape index (κ2) is 15.9. The Kier molecular flexibility index (Phi) is 13.0. The van der Waals surface area contributed by atoms with Crippen molar-refractivity contribution in [1.29, 1.82) is 0 Å². The van der Waals surface area contributed by atoms with Crippen LogP contribution in [-0.4, -0.2) is 74.4 Å². The van der Waals surface area contributed by atoms with Crippen LogP contribution in [0.2, 0.25) is 0 Å². The number of aromatic hydroxyl groups is 3. The van der Waals surface area contributed by atoms with Crippen LogP contribution in [0.1, 0.15) is 54.9 Å². The van der Waals surface area contributed by atoms with Crippen molar-refractivity contribution in [2.24, 2.45) is 10.7 Å². The van der Waals surface area contributed by atoms with Crippen LogP contribution in [0.25, 0.3) is 0 Å². The lowest BCUT2D eigenvalue weighted by atomic mass is 10.1. The minimum absolute atomic E-state index is 0.0108. The molecule has 13 heteroatoms. The molecule has 222 valence electrons. The van der Waals surface area contributed by atoms with Crippen molar-refractivity contribution in [3.8, 4) is 17.2 Å². The van der Waals surface area contributed by atoms with Crippen LogP contribution in [0.3, 0.4) is 0 Å². The molecule has 0 heterocycles.